The molecule has 0 amide bonds. The van der Waals surface area contributed by atoms with E-state index in [1.165, 1.54) is 10.7 Å². The van der Waals surface area contributed by atoms with Crippen LogP contribution >= 0.6 is 0 Å². The second kappa shape index (κ2) is 3.55. The number of aryl methyl sites for hydroxylation is 2. The summed E-state index contributed by atoms with van der Waals surface area (Å²) in [5.41, 5.74) is 0.409. The van der Waals surface area contributed by atoms with Crippen molar-refractivity contribution in [3.8, 4) is 0 Å². The summed E-state index contributed by atoms with van der Waals surface area (Å²) in [6, 6.07) is 0. The van der Waals surface area contributed by atoms with E-state index in [2.05, 4.69) is 10.1 Å². The maximum atomic E-state index is 11.1. The van der Waals surface area contributed by atoms with E-state index in [9.17, 15) is 9.59 Å². The highest BCUT2D eigenvalue weighted by atomic mass is 16.4. The third-order valence-electron chi connectivity index (χ3n) is 2.42. The fourth-order valence-corrected chi connectivity index (χ4v) is 1.67. The molecule has 0 aliphatic heterocycles. The highest BCUT2D eigenvalue weighted by Crippen LogP contribution is 2.19. The fraction of sp³-hybridized carbons (Fsp3) is 0.200. The smallest absolute Gasteiger partial charge is 0.357 e. The van der Waals surface area contributed by atoms with Gasteiger partial charge in [-0.15, -0.1) is 0 Å². The van der Waals surface area contributed by atoms with Gasteiger partial charge in [-0.05, 0) is 13.8 Å². The predicted octanol–water partition coefficient (Wildman–Crippen LogP) is 0.743. The molecule has 0 aromatic carbocycles. The maximum absolute atomic E-state index is 11.1. The maximum Gasteiger partial charge on any atom is 0.357 e. The van der Waals surface area contributed by atoms with Crippen molar-refractivity contribution in [3.63, 3.8) is 0 Å². The Labute approximate surface area is 95.3 Å². The Morgan fingerprint density at radius 3 is 2.41 bits per heavy atom. The molecule has 0 unspecified atom stereocenters. The number of carboxylic acid groups (broad SMARTS) is 2. The van der Waals surface area contributed by atoms with Crippen molar-refractivity contribution in [3.05, 3.63) is 28.8 Å². The highest BCUT2D eigenvalue weighted by Gasteiger charge is 2.26. The molecule has 7 heteroatoms. The molecular formula is C10H9N3O4. The van der Waals surface area contributed by atoms with Gasteiger partial charge >= 0.3 is 11.9 Å². The summed E-state index contributed by atoms with van der Waals surface area (Å²) < 4.78 is 1.29. The number of nitrogens with zero attached hydrogens (tertiary/aromatic N) is 3. The van der Waals surface area contributed by atoms with Crippen molar-refractivity contribution in [2.75, 3.05) is 0 Å². The highest BCUT2D eigenvalue weighted by molar-refractivity contribution is 6.06. The summed E-state index contributed by atoms with van der Waals surface area (Å²) >= 11 is 0. The van der Waals surface area contributed by atoms with Crippen LogP contribution in [0.2, 0.25) is 0 Å². The van der Waals surface area contributed by atoms with Gasteiger partial charge in [0.25, 0.3) is 0 Å². The van der Waals surface area contributed by atoms with Gasteiger partial charge in [-0.1, -0.05) is 0 Å². The number of carbonyl (C=O) groups is 2. The average Bonchev–Trinajstić information content (AvgIpc) is 2.64. The van der Waals surface area contributed by atoms with Crippen LogP contribution in [0.4, 0.5) is 0 Å². The largest absolute Gasteiger partial charge is 0.478 e. The predicted molar refractivity (Wildman–Crippen MR) is 56.4 cm³/mol. The second-order valence-electron chi connectivity index (χ2n) is 3.58. The van der Waals surface area contributed by atoms with Gasteiger partial charge in [-0.2, -0.15) is 5.10 Å². The molecule has 0 saturated carbocycles. The van der Waals surface area contributed by atoms with Crippen LogP contribution in [0.25, 0.3) is 5.52 Å². The van der Waals surface area contributed by atoms with E-state index in [0.717, 1.165) is 0 Å². The third kappa shape index (κ3) is 1.52. The monoisotopic (exact) mass is 235 g/mol. The van der Waals surface area contributed by atoms with Crippen molar-refractivity contribution >= 4 is 17.5 Å². The van der Waals surface area contributed by atoms with Gasteiger partial charge in [0, 0.05) is 6.20 Å². The number of aromatic nitrogens is 3. The Morgan fingerprint density at radius 2 is 1.88 bits per heavy atom. The number of hydrogen-bond acceptors (Lipinski definition) is 4. The normalized spacial score (nSPS) is 10.7. The first kappa shape index (κ1) is 11.1. The summed E-state index contributed by atoms with van der Waals surface area (Å²) in [6.07, 6.45) is 1.51. The number of fused-ring (bicyclic) bond motifs is 1. The van der Waals surface area contributed by atoms with E-state index in [0.29, 0.717) is 11.4 Å². The number of carboxylic acids is 2. The molecule has 0 radical (unpaired) electrons. The summed E-state index contributed by atoms with van der Waals surface area (Å²) in [4.78, 5) is 26.1. The molecule has 7 nitrogen and oxygen atoms in total. The van der Waals surface area contributed by atoms with Crippen LogP contribution in [0.1, 0.15) is 32.2 Å². The van der Waals surface area contributed by atoms with Crippen LogP contribution < -0.4 is 0 Å². The minimum absolute atomic E-state index is 0.218. The molecule has 17 heavy (non-hydrogen) atoms. The van der Waals surface area contributed by atoms with Gasteiger partial charge in [-0.3, -0.25) is 4.98 Å². The Morgan fingerprint density at radius 1 is 1.24 bits per heavy atom. The third-order valence-corrected chi connectivity index (χ3v) is 2.42. The van der Waals surface area contributed by atoms with Crippen LogP contribution in [-0.2, 0) is 0 Å². The minimum atomic E-state index is -1.37. The van der Waals surface area contributed by atoms with E-state index in [4.69, 9.17) is 10.2 Å². The first-order valence-electron chi connectivity index (χ1n) is 4.75. The van der Waals surface area contributed by atoms with Crippen molar-refractivity contribution in [2.24, 2.45) is 0 Å². The molecule has 0 aliphatic carbocycles. The molecule has 2 rings (SSSR count). The summed E-state index contributed by atoms with van der Waals surface area (Å²) in [5.74, 6) is -2.70. The lowest BCUT2D eigenvalue weighted by molar-refractivity contribution is 0.0649. The Hall–Kier alpha value is -2.44. The zero-order valence-corrected chi connectivity index (χ0v) is 9.13. The lowest BCUT2D eigenvalue weighted by atomic mass is 10.2. The molecule has 88 valence electrons. The molecule has 0 saturated heterocycles. The van der Waals surface area contributed by atoms with Crippen molar-refractivity contribution in [2.45, 2.75) is 13.8 Å². The van der Waals surface area contributed by atoms with Crippen LogP contribution in [0.15, 0.2) is 6.20 Å². The van der Waals surface area contributed by atoms with Crippen molar-refractivity contribution in [1.82, 2.24) is 14.6 Å². The van der Waals surface area contributed by atoms with E-state index >= 15 is 0 Å². The first-order valence-corrected chi connectivity index (χ1v) is 4.75. The Bertz CT molecular complexity index is 645. The second-order valence-corrected chi connectivity index (χ2v) is 3.58. The number of aromatic carboxylic acids is 2. The molecule has 0 fully saturated rings. The van der Waals surface area contributed by atoms with Crippen LogP contribution in [-0.4, -0.2) is 36.7 Å². The lowest BCUT2D eigenvalue weighted by Crippen LogP contribution is -2.06. The zero-order chi connectivity index (χ0) is 12.7. The molecule has 2 N–H and O–H groups in total. The number of rotatable bonds is 2. The van der Waals surface area contributed by atoms with E-state index in [-0.39, 0.29) is 11.1 Å². The van der Waals surface area contributed by atoms with Crippen LogP contribution in [0.3, 0.4) is 0 Å². The van der Waals surface area contributed by atoms with Crippen molar-refractivity contribution in [1.29, 1.82) is 0 Å². The first-order chi connectivity index (χ1) is 7.93. The SMILES string of the molecule is Cc1ncc(C)n2nc(C(=O)O)c(C(=O)O)c12. The summed E-state index contributed by atoms with van der Waals surface area (Å²) in [6.45, 7) is 3.28. The van der Waals surface area contributed by atoms with Crippen LogP contribution in [0.5, 0.6) is 0 Å². The molecule has 2 aromatic heterocycles. The Balaban J connectivity index is 3.00. The van der Waals surface area contributed by atoms with E-state index in [1.807, 2.05) is 0 Å². The summed E-state index contributed by atoms with van der Waals surface area (Å²) in [5, 5.41) is 21.8. The zero-order valence-electron chi connectivity index (χ0n) is 9.13. The molecule has 2 heterocycles. The fourth-order valence-electron chi connectivity index (χ4n) is 1.67. The lowest BCUT2D eigenvalue weighted by Gasteiger charge is -2.01. The summed E-state index contributed by atoms with van der Waals surface area (Å²) in [7, 11) is 0. The standard InChI is InChI=1S/C10H9N3O4/c1-4-3-11-5(2)8-6(9(14)15)7(10(16)17)12-13(4)8/h3H,1-2H3,(H,14,15)(H,16,17). The molecule has 0 spiro atoms. The van der Waals surface area contributed by atoms with Crippen LogP contribution in [0, 0.1) is 13.8 Å². The quantitative estimate of drug-likeness (QED) is 0.795. The van der Waals surface area contributed by atoms with Gasteiger partial charge in [0.1, 0.15) is 11.1 Å². The molecule has 0 atom stereocenters. The van der Waals surface area contributed by atoms with Gasteiger partial charge in [-0.25, -0.2) is 14.1 Å². The molecule has 0 aliphatic rings. The van der Waals surface area contributed by atoms with Gasteiger partial charge < -0.3 is 10.2 Å². The van der Waals surface area contributed by atoms with Gasteiger partial charge in [0.2, 0.25) is 0 Å². The van der Waals surface area contributed by atoms with E-state index < -0.39 is 17.6 Å². The van der Waals surface area contributed by atoms with Crippen molar-refractivity contribution < 1.29 is 19.8 Å². The van der Waals surface area contributed by atoms with Gasteiger partial charge in [0.15, 0.2) is 5.69 Å². The molecular weight excluding hydrogens is 226 g/mol. The molecule has 0 bridgehead atoms. The molecule has 2 aromatic rings. The Kier molecular flexibility index (Phi) is 2.31. The van der Waals surface area contributed by atoms with E-state index in [1.54, 1.807) is 13.8 Å². The number of hydrogen-bond donors (Lipinski definition) is 2. The topological polar surface area (TPSA) is 105 Å². The average molecular weight is 235 g/mol. The minimum Gasteiger partial charge on any atom is -0.478 e. The van der Waals surface area contributed by atoms with Gasteiger partial charge in [0.05, 0.1) is 11.4 Å².